The maximum absolute atomic E-state index is 11.2. The molecule has 0 bridgehead atoms. The van der Waals surface area contributed by atoms with Gasteiger partial charge in [-0.15, -0.1) is 0 Å². The van der Waals surface area contributed by atoms with Gasteiger partial charge in [0.25, 0.3) is 0 Å². The first-order chi connectivity index (χ1) is 6.74. The van der Waals surface area contributed by atoms with E-state index >= 15 is 0 Å². The van der Waals surface area contributed by atoms with Crippen molar-refractivity contribution in [1.82, 2.24) is 10.2 Å². The summed E-state index contributed by atoms with van der Waals surface area (Å²) in [5.41, 5.74) is 0. The molecular weight excluding hydrogens is 180 g/mol. The van der Waals surface area contributed by atoms with Crippen molar-refractivity contribution in [2.45, 2.75) is 26.7 Å². The third-order valence-electron chi connectivity index (χ3n) is 2.07. The Balaban J connectivity index is 3.61. The van der Waals surface area contributed by atoms with Gasteiger partial charge in [0.2, 0.25) is 5.91 Å². The Morgan fingerprint density at radius 2 is 2.07 bits per heavy atom. The van der Waals surface area contributed by atoms with Crippen LogP contribution in [-0.4, -0.2) is 48.7 Å². The van der Waals surface area contributed by atoms with Gasteiger partial charge in [0.1, 0.15) is 0 Å². The zero-order valence-electron chi connectivity index (χ0n) is 9.25. The standard InChI is InChI=1S/C10H22N2O2/c1-3-11-10(14)9-12(4-2)7-5-6-8-13/h13H,3-9H2,1-2H3,(H,11,14). The lowest BCUT2D eigenvalue weighted by Gasteiger charge is -2.19. The van der Waals surface area contributed by atoms with Crippen LogP contribution in [0.1, 0.15) is 26.7 Å². The van der Waals surface area contributed by atoms with Crippen LogP contribution < -0.4 is 5.32 Å². The van der Waals surface area contributed by atoms with Gasteiger partial charge in [-0.3, -0.25) is 9.69 Å². The third kappa shape index (κ3) is 6.86. The minimum atomic E-state index is 0.0818. The average molecular weight is 202 g/mol. The molecule has 0 radical (unpaired) electrons. The number of amides is 1. The van der Waals surface area contributed by atoms with Crippen LogP contribution in [0.3, 0.4) is 0 Å². The molecule has 4 nitrogen and oxygen atoms in total. The molecule has 0 spiro atoms. The number of aliphatic hydroxyl groups is 1. The highest BCUT2D eigenvalue weighted by atomic mass is 16.2. The van der Waals surface area contributed by atoms with Crippen molar-refractivity contribution >= 4 is 5.91 Å². The molecule has 0 aromatic heterocycles. The quantitative estimate of drug-likeness (QED) is 0.553. The predicted octanol–water partition coefficient (Wildman–Crippen LogP) is 0.217. The van der Waals surface area contributed by atoms with E-state index in [0.29, 0.717) is 13.1 Å². The summed E-state index contributed by atoms with van der Waals surface area (Å²) in [5, 5.41) is 11.4. The minimum Gasteiger partial charge on any atom is -0.396 e. The fourth-order valence-electron chi connectivity index (χ4n) is 1.25. The SMILES string of the molecule is CCNC(=O)CN(CC)CCCCO. The second-order valence-corrected chi connectivity index (χ2v) is 3.25. The van der Waals surface area contributed by atoms with Crippen LogP contribution in [0.5, 0.6) is 0 Å². The van der Waals surface area contributed by atoms with Crippen molar-refractivity contribution in [1.29, 1.82) is 0 Å². The summed E-state index contributed by atoms with van der Waals surface area (Å²) in [6.45, 7) is 7.11. The van der Waals surface area contributed by atoms with E-state index in [1.165, 1.54) is 0 Å². The van der Waals surface area contributed by atoms with Crippen molar-refractivity contribution < 1.29 is 9.90 Å². The largest absolute Gasteiger partial charge is 0.396 e. The van der Waals surface area contributed by atoms with Gasteiger partial charge in [-0.25, -0.2) is 0 Å². The molecule has 0 rings (SSSR count). The summed E-state index contributed by atoms with van der Waals surface area (Å²) in [5.74, 6) is 0.0818. The first kappa shape index (κ1) is 13.4. The van der Waals surface area contributed by atoms with E-state index in [1.54, 1.807) is 0 Å². The molecule has 84 valence electrons. The first-order valence-corrected chi connectivity index (χ1v) is 5.34. The van der Waals surface area contributed by atoms with Gasteiger partial charge in [0.05, 0.1) is 6.54 Å². The summed E-state index contributed by atoms with van der Waals surface area (Å²) in [4.78, 5) is 13.3. The van der Waals surface area contributed by atoms with Crippen LogP contribution in [0.15, 0.2) is 0 Å². The van der Waals surface area contributed by atoms with E-state index in [0.717, 1.165) is 25.9 Å². The minimum absolute atomic E-state index is 0.0818. The molecule has 4 heteroatoms. The third-order valence-corrected chi connectivity index (χ3v) is 2.07. The second kappa shape index (κ2) is 8.97. The number of rotatable bonds is 8. The molecule has 0 unspecified atom stereocenters. The number of unbranched alkanes of at least 4 members (excludes halogenated alkanes) is 1. The Labute approximate surface area is 86.3 Å². The molecular formula is C10H22N2O2. The number of hydrogen-bond donors (Lipinski definition) is 2. The molecule has 0 atom stereocenters. The van der Waals surface area contributed by atoms with Gasteiger partial charge in [0, 0.05) is 13.2 Å². The molecule has 0 aliphatic rings. The second-order valence-electron chi connectivity index (χ2n) is 3.25. The molecule has 0 saturated carbocycles. The van der Waals surface area contributed by atoms with Crippen LogP contribution >= 0.6 is 0 Å². The fourth-order valence-corrected chi connectivity index (χ4v) is 1.25. The molecule has 0 aliphatic carbocycles. The summed E-state index contributed by atoms with van der Waals surface area (Å²) >= 11 is 0. The molecule has 0 aromatic rings. The van der Waals surface area contributed by atoms with E-state index in [4.69, 9.17) is 5.11 Å². The normalized spacial score (nSPS) is 10.6. The summed E-state index contributed by atoms with van der Waals surface area (Å²) < 4.78 is 0. The summed E-state index contributed by atoms with van der Waals surface area (Å²) in [6.07, 6.45) is 1.76. The molecule has 0 fully saturated rings. The summed E-state index contributed by atoms with van der Waals surface area (Å²) in [7, 11) is 0. The number of nitrogens with zero attached hydrogens (tertiary/aromatic N) is 1. The van der Waals surface area contributed by atoms with Crippen LogP contribution in [0.2, 0.25) is 0 Å². The highest BCUT2D eigenvalue weighted by Crippen LogP contribution is 1.94. The van der Waals surface area contributed by atoms with Gasteiger partial charge in [-0.1, -0.05) is 6.92 Å². The fraction of sp³-hybridized carbons (Fsp3) is 0.900. The van der Waals surface area contributed by atoms with E-state index in [-0.39, 0.29) is 12.5 Å². The molecule has 0 saturated heterocycles. The van der Waals surface area contributed by atoms with E-state index in [9.17, 15) is 4.79 Å². The lowest BCUT2D eigenvalue weighted by molar-refractivity contribution is -0.122. The summed E-state index contributed by atoms with van der Waals surface area (Å²) in [6, 6.07) is 0. The number of hydrogen-bond acceptors (Lipinski definition) is 3. The number of aliphatic hydroxyl groups excluding tert-OH is 1. The molecule has 2 N–H and O–H groups in total. The predicted molar refractivity (Wildman–Crippen MR) is 57.1 cm³/mol. The van der Waals surface area contributed by atoms with Crippen molar-refractivity contribution in [3.8, 4) is 0 Å². The van der Waals surface area contributed by atoms with Gasteiger partial charge < -0.3 is 10.4 Å². The van der Waals surface area contributed by atoms with E-state index < -0.39 is 0 Å². The van der Waals surface area contributed by atoms with Crippen LogP contribution in [0.4, 0.5) is 0 Å². The van der Waals surface area contributed by atoms with Gasteiger partial charge in [0.15, 0.2) is 0 Å². The number of carbonyl (C=O) groups is 1. The lowest BCUT2D eigenvalue weighted by Crippen LogP contribution is -2.37. The maximum atomic E-state index is 11.2. The molecule has 0 heterocycles. The molecule has 1 amide bonds. The Morgan fingerprint density at radius 3 is 2.57 bits per heavy atom. The smallest absolute Gasteiger partial charge is 0.234 e. The Hall–Kier alpha value is -0.610. The van der Waals surface area contributed by atoms with Crippen molar-refractivity contribution in [2.24, 2.45) is 0 Å². The van der Waals surface area contributed by atoms with Gasteiger partial charge in [-0.2, -0.15) is 0 Å². The van der Waals surface area contributed by atoms with Crippen LogP contribution in [-0.2, 0) is 4.79 Å². The van der Waals surface area contributed by atoms with Crippen molar-refractivity contribution in [2.75, 3.05) is 32.8 Å². The van der Waals surface area contributed by atoms with Crippen LogP contribution in [0, 0.1) is 0 Å². The Morgan fingerprint density at radius 1 is 1.36 bits per heavy atom. The highest BCUT2D eigenvalue weighted by Gasteiger charge is 2.06. The average Bonchev–Trinajstić information content (AvgIpc) is 2.17. The highest BCUT2D eigenvalue weighted by molar-refractivity contribution is 5.77. The monoisotopic (exact) mass is 202 g/mol. The molecule has 14 heavy (non-hydrogen) atoms. The topological polar surface area (TPSA) is 52.6 Å². The Kier molecular flexibility index (Phi) is 8.57. The lowest BCUT2D eigenvalue weighted by atomic mass is 10.3. The molecule has 0 aliphatic heterocycles. The van der Waals surface area contributed by atoms with Crippen molar-refractivity contribution in [3.05, 3.63) is 0 Å². The maximum Gasteiger partial charge on any atom is 0.234 e. The van der Waals surface area contributed by atoms with Crippen LogP contribution in [0.25, 0.3) is 0 Å². The van der Waals surface area contributed by atoms with Crippen molar-refractivity contribution in [3.63, 3.8) is 0 Å². The van der Waals surface area contributed by atoms with Gasteiger partial charge in [-0.05, 0) is 32.9 Å². The first-order valence-electron chi connectivity index (χ1n) is 5.34. The van der Waals surface area contributed by atoms with E-state index in [2.05, 4.69) is 10.2 Å². The number of likely N-dealkylation sites (N-methyl/N-ethyl adjacent to an activating group) is 2. The zero-order valence-corrected chi connectivity index (χ0v) is 9.25. The van der Waals surface area contributed by atoms with E-state index in [1.807, 2.05) is 13.8 Å². The number of nitrogens with one attached hydrogen (secondary N) is 1. The number of carbonyl (C=O) groups excluding carboxylic acids is 1. The molecule has 0 aromatic carbocycles. The zero-order chi connectivity index (χ0) is 10.8. The Bertz CT molecular complexity index is 151. The van der Waals surface area contributed by atoms with Gasteiger partial charge >= 0.3 is 0 Å².